The van der Waals surface area contributed by atoms with E-state index in [1.807, 2.05) is 19.1 Å². The first-order valence-electron chi connectivity index (χ1n) is 2.95. The van der Waals surface area contributed by atoms with Gasteiger partial charge < -0.3 is 0 Å². The highest BCUT2D eigenvalue weighted by molar-refractivity contribution is 5.04. The molecule has 0 aliphatic rings. The van der Waals surface area contributed by atoms with Gasteiger partial charge in [0.25, 0.3) is 0 Å². The van der Waals surface area contributed by atoms with Gasteiger partial charge in [0.05, 0.1) is 11.4 Å². The molecule has 1 aromatic rings. The van der Waals surface area contributed by atoms with Crippen molar-refractivity contribution in [2.75, 3.05) is 0 Å². The van der Waals surface area contributed by atoms with Gasteiger partial charge in [0.1, 0.15) is 6.54 Å². The van der Waals surface area contributed by atoms with Gasteiger partial charge in [-0.15, -0.1) is 0 Å². The molecule has 0 aromatic carbocycles. The van der Waals surface area contributed by atoms with Crippen molar-refractivity contribution in [3.05, 3.63) is 23.5 Å². The van der Waals surface area contributed by atoms with Crippen molar-refractivity contribution < 1.29 is 0 Å². The number of nitrogens with one attached hydrogen (secondary N) is 1. The Labute approximate surface area is 58.8 Å². The number of nitrogens with zero attached hydrogens (tertiary/aromatic N) is 3. The summed E-state index contributed by atoms with van der Waals surface area (Å²) in [4.78, 5) is 0. The number of hydrogen-bond donors (Lipinski definition) is 1. The molecule has 0 spiro atoms. The van der Waals surface area contributed by atoms with Crippen LogP contribution in [-0.4, -0.2) is 10.2 Å². The second kappa shape index (κ2) is 3.00. The van der Waals surface area contributed by atoms with E-state index in [9.17, 15) is 0 Å². The van der Waals surface area contributed by atoms with Crippen LogP contribution in [0.2, 0.25) is 0 Å². The molecular formula is C6H8N4. The van der Waals surface area contributed by atoms with Crippen molar-refractivity contribution >= 4 is 0 Å². The summed E-state index contributed by atoms with van der Waals surface area (Å²) in [7, 11) is 0. The van der Waals surface area contributed by atoms with Crippen LogP contribution in [0.15, 0.2) is 17.2 Å². The summed E-state index contributed by atoms with van der Waals surface area (Å²) in [6.07, 6.45) is 0. The van der Waals surface area contributed by atoms with Gasteiger partial charge in [-0.3, -0.25) is 0 Å². The average Bonchev–Trinajstić information content (AvgIpc) is 1.95. The van der Waals surface area contributed by atoms with Gasteiger partial charge in [-0.1, -0.05) is 0 Å². The largest absolute Gasteiger partial charge is 0.209 e. The van der Waals surface area contributed by atoms with Gasteiger partial charge in [0.2, 0.25) is 0 Å². The zero-order chi connectivity index (χ0) is 7.40. The van der Waals surface area contributed by atoms with Crippen molar-refractivity contribution in [2.45, 2.75) is 13.5 Å². The molecule has 4 heteroatoms. The summed E-state index contributed by atoms with van der Waals surface area (Å²) in [5.74, 6) is 0. The molecule has 0 unspecified atom stereocenters. The highest BCUT2D eigenvalue weighted by atomic mass is 15.1. The maximum atomic E-state index is 6.55. The summed E-state index contributed by atoms with van der Waals surface area (Å²) in [6, 6.07) is 3.67. The van der Waals surface area contributed by atoms with Crippen LogP contribution in [0.3, 0.4) is 0 Å². The minimum absolute atomic E-state index is 0.327. The van der Waals surface area contributed by atoms with Crippen molar-refractivity contribution in [3.8, 4) is 0 Å². The zero-order valence-corrected chi connectivity index (χ0v) is 5.70. The Morgan fingerprint density at radius 1 is 1.50 bits per heavy atom. The molecule has 0 radical (unpaired) electrons. The van der Waals surface area contributed by atoms with Crippen LogP contribution in [0.25, 0.3) is 0 Å². The minimum Gasteiger partial charge on any atom is -0.209 e. The molecule has 1 rings (SSSR count). The van der Waals surface area contributed by atoms with Gasteiger partial charge in [-0.2, -0.15) is 15.3 Å². The van der Waals surface area contributed by atoms with E-state index in [0.29, 0.717) is 6.54 Å². The number of aromatic nitrogens is 2. The lowest BCUT2D eigenvalue weighted by Gasteiger charge is -1.91. The Kier molecular flexibility index (Phi) is 2.04. The quantitative estimate of drug-likeness (QED) is 0.623. The standard InChI is InChI=1S/C6H8N4/c1-5-2-3-6(4-8-7)10-9-5/h2-3,7H,4H2,1H3. The molecule has 0 saturated carbocycles. The van der Waals surface area contributed by atoms with E-state index in [4.69, 9.17) is 5.53 Å². The number of aryl methyl sites for hydroxylation is 1. The maximum absolute atomic E-state index is 6.55. The summed E-state index contributed by atoms with van der Waals surface area (Å²) < 4.78 is 0. The lowest BCUT2D eigenvalue weighted by Crippen LogP contribution is -1.91. The zero-order valence-electron chi connectivity index (χ0n) is 5.70. The van der Waals surface area contributed by atoms with E-state index in [0.717, 1.165) is 11.4 Å². The third kappa shape index (κ3) is 1.58. The molecule has 10 heavy (non-hydrogen) atoms. The second-order valence-electron chi connectivity index (χ2n) is 1.98. The SMILES string of the molecule is Cc1ccc(CN=N)nn1. The first kappa shape index (κ1) is 6.80. The molecule has 1 aromatic heterocycles. The lowest BCUT2D eigenvalue weighted by molar-refractivity contribution is 0.824. The Hall–Kier alpha value is -1.32. The molecule has 0 aliphatic heterocycles. The van der Waals surface area contributed by atoms with E-state index >= 15 is 0 Å². The molecule has 0 fully saturated rings. The molecule has 0 atom stereocenters. The fraction of sp³-hybridized carbons (Fsp3) is 0.333. The van der Waals surface area contributed by atoms with E-state index < -0.39 is 0 Å². The van der Waals surface area contributed by atoms with Crippen molar-refractivity contribution in [3.63, 3.8) is 0 Å². The topological polar surface area (TPSA) is 62.0 Å². The van der Waals surface area contributed by atoms with Crippen molar-refractivity contribution in [1.29, 1.82) is 5.53 Å². The van der Waals surface area contributed by atoms with E-state index in [1.165, 1.54) is 0 Å². The predicted molar refractivity (Wildman–Crippen MR) is 35.6 cm³/mol. The Morgan fingerprint density at radius 2 is 2.30 bits per heavy atom. The van der Waals surface area contributed by atoms with Crippen LogP contribution in [0.5, 0.6) is 0 Å². The third-order valence-electron chi connectivity index (χ3n) is 1.09. The van der Waals surface area contributed by atoms with Crippen LogP contribution in [0.4, 0.5) is 0 Å². The number of hydrogen-bond acceptors (Lipinski definition) is 4. The monoisotopic (exact) mass is 136 g/mol. The van der Waals surface area contributed by atoms with Crippen LogP contribution < -0.4 is 0 Å². The highest BCUT2D eigenvalue weighted by Crippen LogP contribution is 1.95. The Balaban J connectivity index is 2.78. The van der Waals surface area contributed by atoms with Crippen LogP contribution in [-0.2, 0) is 6.54 Å². The van der Waals surface area contributed by atoms with Crippen LogP contribution in [0, 0.1) is 12.5 Å². The van der Waals surface area contributed by atoms with Gasteiger partial charge in [0.15, 0.2) is 0 Å². The van der Waals surface area contributed by atoms with Gasteiger partial charge in [-0.25, -0.2) is 5.53 Å². The van der Waals surface area contributed by atoms with Gasteiger partial charge in [-0.05, 0) is 19.1 Å². The second-order valence-corrected chi connectivity index (χ2v) is 1.98. The first-order chi connectivity index (χ1) is 4.83. The van der Waals surface area contributed by atoms with Gasteiger partial charge >= 0.3 is 0 Å². The van der Waals surface area contributed by atoms with Gasteiger partial charge in [0, 0.05) is 0 Å². The molecule has 0 bridgehead atoms. The molecule has 0 saturated heterocycles. The normalized spacial score (nSPS) is 9.30. The average molecular weight is 136 g/mol. The molecule has 52 valence electrons. The Morgan fingerprint density at radius 3 is 2.80 bits per heavy atom. The lowest BCUT2D eigenvalue weighted by atomic mass is 10.3. The fourth-order valence-corrected chi connectivity index (χ4v) is 0.592. The summed E-state index contributed by atoms with van der Waals surface area (Å²) >= 11 is 0. The summed E-state index contributed by atoms with van der Waals surface area (Å²) in [6.45, 7) is 2.20. The summed E-state index contributed by atoms with van der Waals surface area (Å²) in [5.41, 5.74) is 8.17. The molecular weight excluding hydrogens is 128 g/mol. The fourth-order valence-electron chi connectivity index (χ4n) is 0.592. The molecule has 0 aliphatic carbocycles. The maximum Gasteiger partial charge on any atom is 0.104 e. The Bertz CT molecular complexity index is 216. The van der Waals surface area contributed by atoms with E-state index in [2.05, 4.69) is 15.3 Å². The molecule has 0 amide bonds. The molecule has 4 nitrogen and oxygen atoms in total. The third-order valence-corrected chi connectivity index (χ3v) is 1.09. The van der Waals surface area contributed by atoms with E-state index in [1.54, 1.807) is 0 Å². The van der Waals surface area contributed by atoms with E-state index in [-0.39, 0.29) is 0 Å². The first-order valence-corrected chi connectivity index (χ1v) is 2.95. The van der Waals surface area contributed by atoms with Crippen molar-refractivity contribution in [2.24, 2.45) is 5.11 Å². The number of rotatable bonds is 2. The molecule has 1 heterocycles. The van der Waals surface area contributed by atoms with Crippen LogP contribution in [0.1, 0.15) is 11.4 Å². The van der Waals surface area contributed by atoms with Crippen molar-refractivity contribution in [1.82, 2.24) is 10.2 Å². The predicted octanol–water partition coefficient (Wildman–Crippen LogP) is 1.32. The smallest absolute Gasteiger partial charge is 0.104 e. The highest BCUT2D eigenvalue weighted by Gasteiger charge is 1.90. The van der Waals surface area contributed by atoms with Crippen LogP contribution >= 0.6 is 0 Å². The minimum atomic E-state index is 0.327. The molecule has 1 N–H and O–H groups in total. The summed E-state index contributed by atoms with van der Waals surface area (Å²) in [5, 5.41) is 10.8.